The number of hydrogen-bond donors (Lipinski definition) is 4. The zero-order valence-corrected chi connectivity index (χ0v) is 30.5. The highest BCUT2D eigenvalue weighted by Crippen LogP contribution is 2.46. The molecule has 4 rings (SSSR count). The molecule has 14 heteroatoms. The fourth-order valence-electron chi connectivity index (χ4n) is 6.25. The van der Waals surface area contributed by atoms with Gasteiger partial charge in [-0.15, -0.1) is 6.58 Å². The standard InChI is InChI=1S/C37H48N4O9S/c1-6-27-24-37(27,39-32(44)36(40-34(46)50-35(2,3)4)22-25-16-12-13-17-26(25)23-36)33(45)41-51(47,48)29-19-15-14-18-28(29)38-30(42)20-10-8-7-9-11-21-31(43)49-5/h6,12-19,27H,1,7-11,20-24H2,2-5H3,(H,38,42)(H,39,44)(H,40,46)(H,41,45)/t27-,37-/m1/s1. The Morgan fingerprint density at radius 1 is 0.863 bits per heavy atom. The Balaban J connectivity index is 1.44. The van der Waals surface area contributed by atoms with E-state index in [0.29, 0.717) is 19.3 Å². The van der Waals surface area contributed by atoms with Crippen LogP contribution in [0.15, 0.2) is 66.1 Å². The Hall–Kier alpha value is -4.72. The van der Waals surface area contributed by atoms with Crippen LogP contribution < -0.4 is 20.7 Å². The number of unbranched alkanes of at least 4 members (excludes halogenated alkanes) is 4. The summed E-state index contributed by atoms with van der Waals surface area (Å²) in [4.78, 5) is 64.6. The highest BCUT2D eigenvalue weighted by molar-refractivity contribution is 7.90. The van der Waals surface area contributed by atoms with Gasteiger partial charge in [-0.1, -0.05) is 61.7 Å². The van der Waals surface area contributed by atoms with Crippen molar-refractivity contribution < 1.29 is 41.9 Å². The molecule has 0 spiro atoms. The molecule has 2 aliphatic rings. The van der Waals surface area contributed by atoms with Crippen LogP contribution in [-0.4, -0.2) is 62.0 Å². The number of sulfonamides is 1. The first-order valence-corrected chi connectivity index (χ1v) is 18.6. The van der Waals surface area contributed by atoms with Crippen molar-refractivity contribution in [2.24, 2.45) is 5.92 Å². The molecule has 0 bridgehead atoms. The minimum absolute atomic E-state index is 0.000681. The van der Waals surface area contributed by atoms with Gasteiger partial charge in [0.05, 0.1) is 12.8 Å². The normalized spacial score (nSPS) is 18.8. The number of esters is 1. The lowest BCUT2D eigenvalue weighted by Gasteiger charge is -2.32. The molecule has 1 saturated carbocycles. The first-order valence-electron chi connectivity index (χ1n) is 17.1. The fraction of sp³-hybridized carbons (Fsp3) is 0.486. The lowest BCUT2D eigenvalue weighted by Crippen LogP contribution is -2.64. The molecule has 4 amide bonds. The van der Waals surface area contributed by atoms with Crippen molar-refractivity contribution in [3.05, 3.63) is 72.3 Å². The number of rotatable bonds is 16. The second-order valence-corrected chi connectivity index (χ2v) is 15.8. The maximum atomic E-state index is 14.2. The van der Waals surface area contributed by atoms with Crippen LogP contribution in [0.25, 0.3) is 0 Å². The van der Waals surface area contributed by atoms with E-state index in [0.717, 1.165) is 30.4 Å². The van der Waals surface area contributed by atoms with E-state index < -0.39 is 56.4 Å². The van der Waals surface area contributed by atoms with Gasteiger partial charge in [-0.3, -0.25) is 19.2 Å². The molecular formula is C37H48N4O9S. The van der Waals surface area contributed by atoms with Crippen molar-refractivity contribution in [1.29, 1.82) is 0 Å². The quantitative estimate of drug-likeness (QED) is 0.110. The van der Waals surface area contributed by atoms with Crippen LogP contribution in [0.1, 0.15) is 83.3 Å². The van der Waals surface area contributed by atoms with E-state index in [9.17, 15) is 32.4 Å². The van der Waals surface area contributed by atoms with Crippen molar-refractivity contribution in [2.75, 3.05) is 12.4 Å². The van der Waals surface area contributed by atoms with Crippen LogP contribution in [0.3, 0.4) is 0 Å². The molecule has 2 aromatic carbocycles. The summed E-state index contributed by atoms with van der Waals surface area (Å²) in [5.41, 5.74) is -2.31. The van der Waals surface area contributed by atoms with Gasteiger partial charge in [-0.05, 0) is 63.3 Å². The maximum Gasteiger partial charge on any atom is 0.408 e. The third-order valence-corrected chi connectivity index (χ3v) is 10.4. The third kappa shape index (κ3) is 9.96. The van der Waals surface area contributed by atoms with E-state index in [-0.39, 0.29) is 42.2 Å². The van der Waals surface area contributed by atoms with Crippen LogP contribution in [0.2, 0.25) is 0 Å². The number of benzene rings is 2. The lowest BCUT2D eigenvalue weighted by molar-refractivity contribution is -0.140. The van der Waals surface area contributed by atoms with E-state index in [4.69, 9.17) is 4.74 Å². The summed E-state index contributed by atoms with van der Waals surface area (Å²) in [6.07, 6.45) is 5.17. The molecule has 1 fully saturated rings. The molecule has 0 unspecified atom stereocenters. The van der Waals surface area contributed by atoms with Crippen molar-refractivity contribution >= 4 is 45.5 Å². The van der Waals surface area contributed by atoms with Gasteiger partial charge in [0.1, 0.15) is 21.6 Å². The summed E-state index contributed by atoms with van der Waals surface area (Å²) < 4.78 is 39.5. The molecule has 0 heterocycles. The van der Waals surface area contributed by atoms with E-state index in [1.165, 1.54) is 31.4 Å². The number of alkyl carbamates (subject to hydrolysis) is 1. The fourth-order valence-corrected chi connectivity index (χ4v) is 7.45. The molecule has 0 saturated heterocycles. The monoisotopic (exact) mass is 724 g/mol. The second kappa shape index (κ2) is 16.1. The minimum atomic E-state index is -4.54. The Kier molecular flexibility index (Phi) is 12.3. The molecule has 0 aliphatic heterocycles. The van der Waals surface area contributed by atoms with Gasteiger partial charge in [0, 0.05) is 31.6 Å². The molecule has 0 aromatic heterocycles. The molecule has 2 aromatic rings. The summed E-state index contributed by atoms with van der Waals surface area (Å²) in [7, 11) is -3.19. The first-order chi connectivity index (χ1) is 24.0. The number of ether oxygens (including phenoxy) is 2. The average molecular weight is 725 g/mol. The molecule has 0 radical (unpaired) electrons. The van der Waals surface area contributed by atoms with Gasteiger partial charge < -0.3 is 25.4 Å². The SMILES string of the molecule is C=C[C@@H]1C[C@]1(NC(=O)C1(NC(=O)OC(C)(C)C)Cc2ccccc2C1)C(=O)NS(=O)(=O)c1ccccc1NC(=O)CCCCCCCC(=O)OC. The number of methoxy groups -OCH3 is 1. The van der Waals surface area contributed by atoms with E-state index in [1.807, 2.05) is 24.3 Å². The topological polar surface area (TPSA) is 186 Å². The maximum absolute atomic E-state index is 14.2. The third-order valence-electron chi connectivity index (χ3n) is 9.01. The number of amides is 4. The Bertz CT molecular complexity index is 1740. The van der Waals surface area contributed by atoms with Crippen LogP contribution in [0, 0.1) is 5.92 Å². The van der Waals surface area contributed by atoms with Gasteiger partial charge in [-0.25, -0.2) is 17.9 Å². The van der Waals surface area contributed by atoms with Crippen LogP contribution in [0.4, 0.5) is 10.5 Å². The molecule has 2 atom stereocenters. The van der Waals surface area contributed by atoms with Crippen molar-refractivity contribution in [3.63, 3.8) is 0 Å². The highest BCUT2D eigenvalue weighted by Gasteiger charge is 2.62. The summed E-state index contributed by atoms with van der Waals surface area (Å²) in [6.45, 7) is 8.86. The van der Waals surface area contributed by atoms with E-state index >= 15 is 0 Å². The van der Waals surface area contributed by atoms with Crippen molar-refractivity contribution in [2.45, 2.75) is 107 Å². The molecule has 2 aliphatic carbocycles. The van der Waals surface area contributed by atoms with Gasteiger partial charge in [0.25, 0.3) is 15.9 Å². The first kappa shape index (κ1) is 39.1. The number of fused-ring (bicyclic) bond motifs is 1. The van der Waals surface area contributed by atoms with Gasteiger partial charge in [-0.2, -0.15) is 0 Å². The van der Waals surface area contributed by atoms with Crippen molar-refractivity contribution in [3.8, 4) is 0 Å². The molecule has 13 nitrogen and oxygen atoms in total. The molecule has 51 heavy (non-hydrogen) atoms. The lowest BCUT2D eigenvalue weighted by atomic mass is 9.93. The van der Waals surface area contributed by atoms with Gasteiger partial charge in [0.15, 0.2) is 0 Å². The Morgan fingerprint density at radius 3 is 2.04 bits per heavy atom. The number of carbonyl (C=O) groups excluding carboxylic acids is 5. The average Bonchev–Trinajstić information content (AvgIpc) is 3.65. The van der Waals surface area contributed by atoms with E-state index in [1.54, 1.807) is 26.8 Å². The molecule has 4 N–H and O–H groups in total. The highest BCUT2D eigenvalue weighted by atomic mass is 32.2. The zero-order chi connectivity index (χ0) is 37.5. The smallest absolute Gasteiger partial charge is 0.408 e. The number of hydrogen-bond acceptors (Lipinski definition) is 9. The molecule has 276 valence electrons. The summed E-state index contributed by atoms with van der Waals surface area (Å²) in [6, 6.07) is 13.1. The van der Waals surface area contributed by atoms with Crippen LogP contribution >= 0.6 is 0 Å². The molecular weight excluding hydrogens is 676 g/mol. The van der Waals surface area contributed by atoms with E-state index in [2.05, 4.69) is 32.0 Å². The zero-order valence-electron chi connectivity index (χ0n) is 29.6. The van der Waals surface area contributed by atoms with Gasteiger partial charge in [0.2, 0.25) is 11.8 Å². The number of anilines is 1. The van der Waals surface area contributed by atoms with Gasteiger partial charge >= 0.3 is 12.1 Å². The number of carbonyl (C=O) groups is 5. The summed E-state index contributed by atoms with van der Waals surface area (Å²) in [5, 5.41) is 8.16. The van der Waals surface area contributed by atoms with Crippen molar-refractivity contribution in [1.82, 2.24) is 15.4 Å². The minimum Gasteiger partial charge on any atom is -0.469 e. The Morgan fingerprint density at radius 2 is 1.45 bits per heavy atom. The van der Waals surface area contributed by atoms with Crippen LogP contribution in [-0.2, 0) is 51.5 Å². The van der Waals surface area contributed by atoms with Crippen LogP contribution in [0.5, 0.6) is 0 Å². The summed E-state index contributed by atoms with van der Waals surface area (Å²) in [5.74, 6) is -2.88. The number of nitrogens with one attached hydrogen (secondary N) is 4. The second-order valence-electron chi connectivity index (χ2n) is 14.1. The largest absolute Gasteiger partial charge is 0.469 e. The number of para-hydroxylation sites is 1. The Labute approximate surface area is 299 Å². The predicted octanol–water partition coefficient (Wildman–Crippen LogP) is 4.46. The summed E-state index contributed by atoms with van der Waals surface area (Å²) >= 11 is 0. The predicted molar refractivity (Wildman–Crippen MR) is 190 cm³/mol.